The SMILES string of the molecule is COc1cccc2c1CCC[C@H]2CN(C)C(=O)Cc1ccc2c(c1)COC2. The van der Waals surface area contributed by atoms with E-state index in [9.17, 15) is 4.79 Å². The van der Waals surface area contributed by atoms with E-state index in [1.165, 1.54) is 22.3 Å². The Bertz CT molecular complexity index is 846. The smallest absolute Gasteiger partial charge is 0.226 e. The molecule has 4 nitrogen and oxygen atoms in total. The van der Waals surface area contributed by atoms with Crippen LogP contribution in [0.3, 0.4) is 0 Å². The van der Waals surface area contributed by atoms with Gasteiger partial charge in [-0.2, -0.15) is 0 Å². The fraction of sp³-hybridized carbons (Fsp3) is 0.435. The second kappa shape index (κ2) is 7.73. The first kappa shape index (κ1) is 18.1. The van der Waals surface area contributed by atoms with Gasteiger partial charge in [0, 0.05) is 19.5 Å². The number of carbonyl (C=O) groups excluding carboxylic acids is 1. The van der Waals surface area contributed by atoms with Crippen molar-refractivity contribution in [3.05, 3.63) is 64.2 Å². The van der Waals surface area contributed by atoms with Crippen LogP contribution in [0.25, 0.3) is 0 Å². The van der Waals surface area contributed by atoms with E-state index in [0.717, 1.165) is 37.1 Å². The largest absolute Gasteiger partial charge is 0.496 e. The van der Waals surface area contributed by atoms with E-state index >= 15 is 0 Å². The van der Waals surface area contributed by atoms with Crippen LogP contribution < -0.4 is 4.74 Å². The summed E-state index contributed by atoms with van der Waals surface area (Å²) in [6.07, 6.45) is 3.77. The highest BCUT2D eigenvalue weighted by Crippen LogP contribution is 2.37. The van der Waals surface area contributed by atoms with Gasteiger partial charge in [-0.3, -0.25) is 4.79 Å². The highest BCUT2D eigenvalue weighted by Gasteiger charge is 2.25. The molecule has 4 heteroatoms. The van der Waals surface area contributed by atoms with E-state index in [1.807, 2.05) is 18.0 Å². The van der Waals surface area contributed by atoms with Gasteiger partial charge in [-0.15, -0.1) is 0 Å². The van der Waals surface area contributed by atoms with Crippen LogP contribution in [0.5, 0.6) is 5.75 Å². The molecule has 1 heterocycles. The van der Waals surface area contributed by atoms with Gasteiger partial charge in [0.05, 0.1) is 26.7 Å². The number of ether oxygens (including phenoxy) is 2. The van der Waals surface area contributed by atoms with Gasteiger partial charge in [0.1, 0.15) is 5.75 Å². The van der Waals surface area contributed by atoms with Crippen LogP contribution in [0, 0.1) is 0 Å². The summed E-state index contributed by atoms with van der Waals surface area (Å²) in [7, 11) is 3.66. The van der Waals surface area contributed by atoms with Crippen molar-refractivity contribution >= 4 is 5.91 Å². The first-order valence-electron chi connectivity index (χ1n) is 9.74. The molecule has 0 aromatic heterocycles. The number of amides is 1. The Morgan fingerprint density at radius 1 is 1.22 bits per heavy atom. The van der Waals surface area contributed by atoms with E-state index in [4.69, 9.17) is 9.47 Å². The molecule has 27 heavy (non-hydrogen) atoms. The van der Waals surface area contributed by atoms with E-state index in [1.54, 1.807) is 7.11 Å². The first-order chi connectivity index (χ1) is 13.2. The fourth-order valence-corrected chi connectivity index (χ4v) is 4.37. The molecule has 0 fully saturated rings. The lowest BCUT2D eigenvalue weighted by Gasteiger charge is -2.30. The average Bonchev–Trinajstić information content (AvgIpc) is 3.15. The molecule has 0 saturated carbocycles. The van der Waals surface area contributed by atoms with Crippen LogP contribution in [0.15, 0.2) is 36.4 Å². The summed E-state index contributed by atoms with van der Waals surface area (Å²) in [6, 6.07) is 12.6. The Morgan fingerprint density at radius 3 is 2.93 bits per heavy atom. The van der Waals surface area contributed by atoms with E-state index in [2.05, 4.69) is 30.3 Å². The van der Waals surface area contributed by atoms with Crippen molar-refractivity contribution in [1.29, 1.82) is 0 Å². The van der Waals surface area contributed by atoms with Crippen molar-refractivity contribution in [2.24, 2.45) is 0 Å². The van der Waals surface area contributed by atoms with Gasteiger partial charge in [-0.05, 0) is 53.1 Å². The second-order valence-electron chi connectivity index (χ2n) is 7.66. The number of benzene rings is 2. The lowest BCUT2D eigenvalue weighted by molar-refractivity contribution is -0.129. The van der Waals surface area contributed by atoms with Crippen LogP contribution >= 0.6 is 0 Å². The summed E-state index contributed by atoms with van der Waals surface area (Å²) >= 11 is 0. The van der Waals surface area contributed by atoms with Crippen LogP contribution in [0.2, 0.25) is 0 Å². The van der Waals surface area contributed by atoms with Gasteiger partial charge in [-0.25, -0.2) is 0 Å². The molecular formula is C23H27NO3. The van der Waals surface area contributed by atoms with Crippen molar-refractivity contribution in [2.45, 2.75) is 44.8 Å². The predicted molar refractivity (Wildman–Crippen MR) is 105 cm³/mol. The zero-order valence-electron chi connectivity index (χ0n) is 16.2. The average molecular weight is 365 g/mol. The number of fused-ring (bicyclic) bond motifs is 2. The molecule has 1 amide bonds. The highest BCUT2D eigenvalue weighted by atomic mass is 16.5. The number of hydrogen-bond donors (Lipinski definition) is 0. The number of rotatable bonds is 5. The molecule has 0 N–H and O–H groups in total. The molecule has 2 aromatic carbocycles. The Balaban J connectivity index is 1.44. The lowest BCUT2D eigenvalue weighted by Crippen LogP contribution is -2.33. The molecule has 1 aliphatic heterocycles. The van der Waals surface area contributed by atoms with Crippen LogP contribution in [0.4, 0.5) is 0 Å². The Kier molecular flexibility index (Phi) is 5.17. The third-order valence-electron chi connectivity index (χ3n) is 5.87. The summed E-state index contributed by atoms with van der Waals surface area (Å²) in [5.74, 6) is 1.53. The van der Waals surface area contributed by atoms with Crippen LogP contribution in [-0.2, 0) is 35.6 Å². The van der Waals surface area contributed by atoms with Crippen LogP contribution in [0.1, 0.15) is 46.6 Å². The Labute approximate surface area is 161 Å². The molecule has 0 bridgehead atoms. The zero-order valence-corrected chi connectivity index (χ0v) is 16.2. The summed E-state index contributed by atoms with van der Waals surface area (Å²) in [5.41, 5.74) is 6.19. The van der Waals surface area contributed by atoms with Gasteiger partial charge in [0.25, 0.3) is 0 Å². The Hall–Kier alpha value is -2.33. The lowest BCUT2D eigenvalue weighted by atomic mass is 9.82. The standard InChI is InChI=1S/C23H27NO3/c1-24(23(25)12-16-9-10-18-14-27-15-19(18)11-16)13-17-5-3-7-21-20(17)6-4-8-22(21)26-2/h4,6,8-11,17H,3,5,7,12-15H2,1-2H3/t17-/m0/s1. The van der Waals surface area contributed by atoms with Crippen molar-refractivity contribution in [3.63, 3.8) is 0 Å². The molecular weight excluding hydrogens is 338 g/mol. The van der Waals surface area contributed by atoms with Gasteiger partial charge >= 0.3 is 0 Å². The molecule has 0 unspecified atom stereocenters. The van der Waals surface area contributed by atoms with E-state index < -0.39 is 0 Å². The summed E-state index contributed by atoms with van der Waals surface area (Å²) in [5, 5.41) is 0. The molecule has 142 valence electrons. The predicted octanol–water partition coefficient (Wildman–Crippen LogP) is 3.85. The highest BCUT2D eigenvalue weighted by molar-refractivity contribution is 5.78. The second-order valence-corrected chi connectivity index (χ2v) is 7.66. The fourth-order valence-electron chi connectivity index (χ4n) is 4.37. The minimum atomic E-state index is 0.170. The zero-order chi connectivity index (χ0) is 18.8. The van der Waals surface area contributed by atoms with Gasteiger partial charge in [0.15, 0.2) is 0 Å². The molecule has 0 spiro atoms. The number of nitrogens with zero attached hydrogens (tertiary/aromatic N) is 1. The maximum absolute atomic E-state index is 12.8. The third kappa shape index (κ3) is 3.72. The molecule has 4 rings (SSSR count). The molecule has 1 atom stereocenters. The van der Waals surface area contributed by atoms with E-state index in [-0.39, 0.29) is 5.91 Å². The Morgan fingerprint density at radius 2 is 2.07 bits per heavy atom. The molecule has 1 aliphatic carbocycles. The number of methoxy groups -OCH3 is 1. The molecule has 2 aliphatic rings. The van der Waals surface area contributed by atoms with Gasteiger partial charge in [-0.1, -0.05) is 30.3 Å². The minimum Gasteiger partial charge on any atom is -0.496 e. The van der Waals surface area contributed by atoms with Crippen molar-refractivity contribution < 1.29 is 14.3 Å². The number of likely N-dealkylation sites (N-methyl/N-ethyl adjacent to an activating group) is 1. The summed E-state index contributed by atoms with van der Waals surface area (Å²) in [6.45, 7) is 2.11. The number of carbonyl (C=O) groups is 1. The normalized spacial score (nSPS) is 17.9. The quantitative estimate of drug-likeness (QED) is 0.808. The summed E-state index contributed by atoms with van der Waals surface area (Å²) < 4.78 is 11.0. The topological polar surface area (TPSA) is 38.8 Å². The molecule has 0 saturated heterocycles. The monoisotopic (exact) mass is 365 g/mol. The van der Waals surface area contributed by atoms with E-state index in [0.29, 0.717) is 25.6 Å². The summed E-state index contributed by atoms with van der Waals surface area (Å²) in [4.78, 5) is 14.7. The van der Waals surface area contributed by atoms with Crippen molar-refractivity contribution in [1.82, 2.24) is 4.90 Å². The minimum absolute atomic E-state index is 0.170. The van der Waals surface area contributed by atoms with Crippen molar-refractivity contribution in [2.75, 3.05) is 20.7 Å². The third-order valence-corrected chi connectivity index (χ3v) is 5.87. The maximum atomic E-state index is 12.8. The van der Waals surface area contributed by atoms with Gasteiger partial charge < -0.3 is 14.4 Å². The first-order valence-corrected chi connectivity index (χ1v) is 9.74. The molecule has 2 aromatic rings. The van der Waals surface area contributed by atoms with Crippen LogP contribution in [-0.4, -0.2) is 31.5 Å². The molecule has 0 radical (unpaired) electrons. The van der Waals surface area contributed by atoms with Crippen molar-refractivity contribution in [3.8, 4) is 5.75 Å². The number of hydrogen-bond acceptors (Lipinski definition) is 3. The van der Waals surface area contributed by atoms with Gasteiger partial charge in [0.2, 0.25) is 5.91 Å². The maximum Gasteiger partial charge on any atom is 0.226 e.